The molecule has 0 heterocycles. The molecule has 98 valence electrons. The van der Waals surface area contributed by atoms with Gasteiger partial charge < -0.3 is 0 Å². The summed E-state index contributed by atoms with van der Waals surface area (Å²) < 4.78 is 0. The fourth-order valence-electron chi connectivity index (χ4n) is 2.25. The summed E-state index contributed by atoms with van der Waals surface area (Å²) in [6.07, 6.45) is 1.05. The van der Waals surface area contributed by atoms with Gasteiger partial charge >= 0.3 is 18.9 Å². The van der Waals surface area contributed by atoms with Gasteiger partial charge in [-0.1, -0.05) is 60.7 Å². The molecule has 0 bridgehead atoms. The van der Waals surface area contributed by atoms with Crippen LogP contribution in [-0.4, -0.2) is 0 Å². The molecule has 0 saturated heterocycles. The number of hydrogen-bond donors (Lipinski definition) is 0. The van der Waals surface area contributed by atoms with Crippen LogP contribution in [0.1, 0.15) is 5.56 Å². The van der Waals surface area contributed by atoms with Gasteiger partial charge in [0.05, 0.1) is 0 Å². The minimum absolute atomic E-state index is 0. The molecule has 0 amide bonds. The van der Waals surface area contributed by atoms with Crippen LogP contribution in [0.4, 0.5) is 0 Å². The molecule has 3 aromatic rings. The second-order valence-corrected chi connectivity index (χ2v) is 6.85. The Kier molecular flexibility index (Phi) is 6.28. The van der Waals surface area contributed by atoms with Crippen LogP contribution in [0, 0.1) is 6.07 Å². The Labute approximate surface area is 140 Å². The number of benzene rings is 3. The van der Waals surface area contributed by atoms with E-state index in [9.17, 15) is 0 Å². The summed E-state index contributed by atoms with van der Waals surface area (Å²) in [5.74, 6) is 0. The van der Waals surface area contributed by atoms with Crippen molar-refractivity contribution >= 4 is 18.5 Å². The van der Waals surface area contributed by atoms with E-state index in [0.717, 1.165) is 6.16 Å². The normalized spacial score (nSPS) is 10.1. The molecule has 0 saturated carbocycles. The molecule has 0 aliphatic carbocycles. The summed E-state index contributed by atoms with van der Waals surface area (Å²) in [5, 5.41) is 2.84. The van der Waals surface area contributed by atoms with Crippen molar-refractivity contribution in [3.8, 4) is 0 Å². The first kappa shape index (κ1) is 16.1. The first-order valence-electron chi connectivity index (χ1n) is 6.77. The van der Waals surface area contributed by atoms with Crippen LogP contribution in [0.3, 0.4) is 0 Å². The molecule has 0 aliphatic heterocycles. The molecule has 0 aliphatic rings. The summed E-state index contributed by atoms with van der Waals surface area (Å²) >= 11 is 0. The SMILES string of the molecule is [Li+].[c-]1ccccc1CP(c1ccccc1)c1ccccc1. The molecular formula is C19H16LiP. The van der Waals surface area contributed by atoms with Crippen molar-refractivity contribution < 1.29 is 18.9 Å². The predicted octanol–water partition coefficient (Wildman–Crippen LogP) is 1.12. The van der Waals surface area contributed by atoms with Crippen molar-refractivity contribution in [2.24, 2.45) is 0 Å². The van der Waals surface area contributed by atoms with E-state index in [2.05, 4.69) is 78.9 Å². The average molecular weight is 282 g/mol. The molecule has 0 atom stereocenters. The fraction of sp³-hybridized carbons (Fsp3) is 0.0526. The van der Waals surface area contributed by atoms with Crippen molar-refractivity contribution in [1.29, 1.82) is 0 Å². The Hall–Kier alpha value is -1.31. The minimum Gasteiger partial charge on any atom is -0.180 e. The van der Waals surface area contributed by atoms with E-state index < -0.39 is 0 Å². The van der Waals surface area contributed by atoms with Crippen LogP contribution in [0.25, 0.3) is 0 Å². The topological polar surface area (TPSA) is 0 Å². The smallest absolute Gasteiger partial charge is 0.180 e. The summed E-state index contributed by atoms with van der Waals surface area (Å²) in [6, 6.07) is 33.3. The van der Waals surface area contributed by atoms with E-state index in [4.69, 9.17) is 0 Å². The van der Waals surface area contributed by atoms with E-state index in [1.165, 1.54) is 16.2 Å². The monoisotopic (exact) mass is 282 g/mol. The zero-order valence-electron chi connectivity index (χ0n) is 12.2. The number of rotatable bonds is 4. The first-order chi connectivity index (χ1) is 9.93. The standard InChI is InChI=1S/C19H16P.Li/c1-4-10-17(11-5-1)16-20(18-12-6-2-7-13-18)19-14-8-3-9-15-19;/h1-10,12-15H,16H2;/q-1;+1. The second-order valence-electron chi connectivity index (χ2n) is 4.65. The molecular weight excluding hydrogens is 266 g/mol. The average Bonchev–Trinajstić information content (AvgIpc) is 2.55. The van der Waals surface area contributed by atoms with E-state index in [0.29, 0.717) is 0 Å². The Morgan fingerprint density at radius 1 is 0.667 bits per heavy atom. The van der Waals surface area contributed by atoms with E-state index in [-0.39, 0.29) is 26.8 Å². The summed E-state index contributed by atoms with van der Waals surface area (Å²) in [4.78, 5) is 0. The molecule has 0 N–H and O–H groups in total. The van der Waals surface area contributed by atoms with Crippen LogP contribution in [-0.2, 0) is 6.16 Å². The molecule has 0 nitrogen and oxygen atoms in total. The Morgan fingerprint density at radius 2 is 1.19 bits per heavy atom. The van der Waals surface area contributed by atoms with Gasteiger partial charge in [-0.2, -0.15) is 35.9 Å². The van der Waals surface area contributed by atoms with Crippen molar-refractivity contribution in [2.45, 2.75) is 6.16 Å². The predicted molar refractivity (Wildman–Crippen MR) is 88.1 cm³/mol. The van der Waals surface area contributed by atoms with Gasteiger partial charge in [0.25, 0.3) is 0 Å². The minimum atomic E-state index is -0.358. The maximum Gasteiger partial charge on any atom is 1.00 e. The van der Waals surface area contributed by atoms with Gasteiger partial charge in [-0.3, -0.25) is 0 Å². The molecule has 0 spiro atoms. The van der Waals surface area contributed by atoms with Crippen LogP contribution < -0.4 is 29.5 Å². The Balaban J connectivity index is 0.00000161. The third kappa shape index (κ3) is 4.32. The van der Waals surface area contributed by atoms with Crippen LogP contribution in [0.5, 0.6) is 0 Å². The maximum absolute atomic E-state index is 3.35. The fourth-order valence-corrected chi connectivity index (χ4v) is 4.51. The molecule has 0 fully saturated rings. The summed E-state index contributed by atoms with van der Waals surface area (Å²) in [6.45, 7) is 0. The third-order valence-electron chi connectivity index (χ3n) is 3.24. The molecule has 3 aromatic carbocycles. The molecule has 21 heavy (non-hydrogen) atoms. The van der Waals surface area contributed by atoms with Gasteiger partial charge in [-0.25, -0.2) is 0 Å². The van der Waals surface area contributed by atoms with Crippen LogP contribution in [0.15, 0.2) is 84.9 Å². The van der Waals surface area contributed by atoms with Gasteiger partial charge in [0.2, 0.25) is 0 Å². The van der Waals surface area contributed by atoms with E-state index in [1.807, 2.05) is 12.1 Å². The van der Waals surface area contributed by atoms with Crippen molar-refractivity contribution in [1.82, 2.24) is 0 Å². The molecule has 0 aromatic heterocycles. The zero-order valence-corrected chi connectivity index (χ0v) is 13.1. The van der Waals surface area contributed by atoms with Crippen molar-refractivity contribution in [3.63, 3.8) is 0 Å². The van der Waals surface area contributed by atoms with E-state index in [1.54, 1.807) is 0 Å². The van der Waals surface area contributed by atoms with Crippen molar-refractivity contribution in [2.75, 3.05) is 0 Å². The Morgan fingerprint density at radius 3 is 1.67 bits per heavy atom. The summed E-state index contributed by atoms with van der Waals surface area (Å²) in [5.41, 5.74) is 1.28. The van der Waals surface area contributed by atoms with Crippen molar-refractivity contribution in [3.05, 3.63) is 96.6 Å². The number of hydrogen-bond acceptors (Lipinski definition) is 0. The van der Waals surface area contributed by atoms with Gasteiger partial charge in [0, 0.05) is 0 Å². The maximum atomic E-state index is 3.35. The van der Waals surface area contributed by atoms with Gasteiger partial charge in [-0.15, -0.1) is 0 Å². The second kappa shape index (κ2) is 8.21. The quantitative estimate of drug-likeness (QED) is 0.382. The molecule has 3 rings (SSSR count). The molecule has 2 heteroatoms. The summed E-state index contributed by atoms with van der Waals surface area (Å²) in [7, 11) is -0.358. The molecule has 0 radical (unpaired) electrons. The van der Waals surface area contributed by atoms with Crippen LogP contribution >= 0.6 is 7.92 Å². The largest absolute Gasteiger partial charge is 1.00 e. The van der Waals surface area contributed by atoms with Crippen LogP contribution in [0.2, 0.25) is 0 Å². The Bertz CT molecular complexity index is 599. The first-order valence-corrected chi connectivity index (χ1v) is 8.29. The van der Waals surface area contributed by atoms with Gasteiger partial charge in [-0.05, 0) is 24.7 Å². The zero-order chi connectivity index (χ0) is 13.6. The third-order valence-corrected chi connectivity index (χ3v) is 5.74. The van der Waals surface area contributed by atoms with Gasteiger partial charge in [0.15, 0.2) is 0 Å². The van der Waals surface area contributed by atoms with Gasteiger partial charge in [0.1, 0.15) is 0 Å². The van der Waals surface area contributed by atoms with E-state index >= 15 is 0 Å². The molecule has 0 unspecified atom stereocenters.